The maximum absolute atomic E-state index is 13.1. The average molecular weight is 480 g/mol. The van der Waals surface area contributed by atoms with Crippen molar-refractivity contribution in [3.05, 3.63) is 53.2 Å². The lowest BCUT2D eigenvalue weighted by Crippen LogP contribution is -2.50. The molecule has 1 fully saturated rings. The van der Waals surface area contributed by atoms with Crippen molar-refractivity contribution in [3.63, 3.8) is 0 Å². The van der Waals surface area contributed by atoms with E-state index in [1.165, 1.54) is 10.5 Å². The fourth-order valence-electron chi connectivity index (χ4n) is 3.97. The quantitative estimate of drug-likeness (QED) is 0.551. The summed E-state index contributed by atoms with van der Waals surface area (Å²) in [4.78, 5) is 14.8. The normalized spacial score (nSPS) is 18.1. The Balaban J connectivity index is 1.33. The third-order valence-electron chi connectivity index (χ3n) is 5.54. The zero-order valence-electron chi connectivity index (χ0n) is 16.2. The number of piperidine rings is 1. The Labute approximate surface area is 188 Å². The molecule has 1 saturated heterocycles. The number of amides is 1. The van der Waals surface area contributed by atoms with Crippen LogP contribution in [0.1, 0.15) is 18.4 Å². The third kappa shape index (κ3) is 3.63. The molecule has 0 spiro atoms. The van der Waals surface area contributed by atoms with Gasteiger partial charge in [-0.15, -0.1) is 11.3 Å². The first kappa shape index (κ1) is 20.5. The number of hydrogen-bond donors (Lipinski definition) is 0. The van der Waals surface area contributed by atoms with E-state index in [1.54, 1.807) is 35.2 Å². The van der Waals surface area contributed by atoms with Crippen molar-refractivity contribution in [3.8, 4) is 10.6 Å². The van der Waals surface area contributed by atoms with E-state index in [9.17, 15) is 13.2 Å². The lowest BCUT2D eigenvalue weighted by Gasteiger charge is -2.39. The van der Waals surface area contributed by atoms with Gasteiger partial charge in [-0.3, -0.25) is 4.90 Å². The number of carbonyl (C=O) groups excluding carboxylic acids is 1. The number of halogens is 1. The average Bonchev–Trinajstić information content (AvgIpc) is 3.46. The molecule has 0 unspecified atom stereocenters. The van der Waals surface area contributed by atoms with Gasteiger partial charge in [0.05, 0.1) is 16.8 Å². The van der Waals surface area contributed by atoms with Gasteiger partial charge in [-0.2, -0.15) is 4.31 Å². The molecule has 8 nitrogen and oxygen atoms in total. The van der Waals surface area contributed by atoms with Crippen LogP contribution < -0.4 is 4.90 Å². The highest BCUT2D eigenvalue weighted by molar-refractivity contribution is 7.91. The van der Waals surface area contributed by atoms with Crippen molar-refractivity contribution in [2.45, 2.75) is 29.7 Å². The van der Waals surface area contributed by atoms with E-state index in [2.05, 4.69) is 5.16 Å². The molecule has 1 aromatic carbocycles. The molecule has 11 heteroatoms. The largest absolute Gasteiger partial charge is 0.444 e. The van der Waals surface area contributed by atoms with Crippen LogP contribution in [0.25, 0.3) is 10.6 Å². The van der Waals surface area contributed by atoms with E-state index in [4.69, 9.17) is 20.9 Å². The number of carbonyl (C=O) groups is 1. The van der Waals surface area contributed by atoms with Gasteiger partial charge in [0, 0.05) is 35.8 Å². The molecule has 2 aliphatic rings. The van der Waals surface area contributed by atoms with E-state index < -0.39 is 16.1 Å². The van der Waals surface area contributed by atoms with E-state index in [0.717, 1.165) is 22.6 Å². The Hall–Kier alpha value is -2.40. The molecule has 1 amide bonds. The van der Waals surface area contributed by atoms with Crippen LogP contribution in [0, 0.1) is 0 Å². The molecule has 2 aromatic heterocycles. The second kappa shape index (κ2) is 7.94. The van der Waals surface area contributed by atoms with Gasteiger partial charge in [-0.1, -0.05) is 22.8 Å². The van der Waals surface area contributed by atoms with Crippen LogP contribution in [-0.2, 0) is 21.4 Å². The van der Waals surface area contributed by atoms with Crippen LogP contribution in [0.4, 0.5) is 10.5 Å². The fraction of sp³-hybridized carbons (Fsp3) is 0.300. The first-order valence-electron chi connectivity index (χ1n) is 9.69. The number of cyclic esters (lactones) is 1. The maximum atomic E-state index is 13.1. The Morgan fingerprint density at radius 2 is 1.94 bits per heavy atom. The predicted octanol–water partition coefficient (Wildman–Crippen LogP) is 4.37. The van der Waals surface area contributed by atoms with Crippen LogP contribution in [0.15, 0.2) is 51.3 Å². The molecule has 4 heterocycles. The highest BCUT2D eigenvalue weighted by Crippen LogP contribution is 2.37. The van der Waals surface area contributed by atoms with Crippen LogP contribution in [0.3, 0.4) is 0 Å². The molecule has 162 valence electrons. The minimum Gasteiger partial charge on any atom is -0.444 e. The molecule has 31 heavy (non-hydrogen) atoms. The summed E-state index contributed by atoms with van der Waals surface area (Å²) in [7, 11) is -3.63. The number of ether oxygens (including phenoxy) is 1. The number of benzene rings is 1. The molecule has 0 saturated carbocycles. The predicted molar refractivity (Wildman–Crippen MR) is 116 cm³/mol. The highest BCUT2D eigenvalue weighted by atomic mass is 35.5. The van der Waals surface area contributed by atoms with Crippen LogP contribution in [0.5, 0.6) is 0 Å². The number of rotatable bonds is 4. The number of nitrogens with zero attached hydrogens (tertiary/aromatic N) is 3. The highest BCUT2D eigenvalue weighted by Gasteiger charge is 2.38. The lowest BCUT2D eigenvalue weighted by molar-refractivity contribution is 0.136. The Morgan fingerprint density at radius 3 is 2.68 bits per heavy atom. The van der Waals surface area contributed by atoms with Crippen LogP contribution in [-0.4, -0.2) is 43.1 Å². The lowest BCUT2D eigenvalue weighted by atomic mass is 10.0. The van der Waals surface area contributed by atoms with Gasteiger partial charge >= 0.3 is 6.09 Å². The van der Waals surface area contributed by atoms with E-state index >= 15 is 0 Å². The maximum Gasteiger partial charge on any atom is 0.414 e. The van der Waals surface area contributed by atoms with Crippen molar-refractivity contribution in [2.24, 2.45) is 0 Å². The summed E-state index contributed by atoms with van der Waals surface area (Å²) in [6.07, 6.45) is 2.10. The molecule has 0 aliphatic carbocycles. The second-order valence-electron chi connectivity index (χ2n) is 7.29. The topological polar surface area (TPSA) is 93.0 Å². The molecule has 5 rings (SSSR count). The number of hydrogen-bond acceptors (Lipinski definition) is 7. The van der Waals surface area contributed by atoms with Gasteiger partial charge in [0.2, 0.25) is 0 Å². The van der Waals surface area contributed by atoms with Gasteiger partial charge < -0.3 is 9.26 Å². The summed E-state index contributed by atoms with van der Waals surface area (Å²) in [5.41, 5.74) is 1.51. The number of thiophene rings is 1. The van der Waals surface area contributed by atoms with Crippen molar-refractivity contribution in [1.29, 1.82) is 0 Å². The molecular weight excluding hydrogens is 462 g/mol. The molecule has 3 aromatic rings. The molecule has 0 radical (unpaired) electrons. The van der Waals surface area contributed by atoms with Crippen molar-refractivity contribution in [2.75, 3.05) is 18.0 Å². The summed E-state index contributed by atoms with van der Waals surface area (Å²) >= 11 is 7.42. The van der Waals surface area contributed by atoms with Crippen molar-refractivity contribution < 1.29 is 22.5 Å². The van der Waals surface area contributed by atoms with Gasteiger partial charge in [-0.05, 0) is 37.1 Å². The van der Waals surface area contributed by atoms with Crippen molar-refractivity contribution in [1.82, 2.24) is 9.46 Å². The smallest absolute Gasteiger partial charge is 0.414 e. The summed E-state index contributed by atoms with van der Waals surface area (Å²) in [6, 6.07) is 10.2. The third-order valence-corrected chi connectivity index (χ3v) is 9.36. The van der Waals surface area contributed by atoms with Crippen LogP contribution >= 0.6 is 22.9 Å². The zero-order chi connectivity index (χ0) is 21.6. The minimum absolute atomic E-state index is 0.142. The Morgan fingerprint density at radius 1 is 1.13 bits per heavy atom. The van der Waals surface area contributed by atoms with Gasteiger partial charge in [-0.25, -0.2) is 13.2 Å². The van der Waals surface area contributed by atoms with E-state index in [-0.39, 0.29) is 16.9 Å². The summed E-state index contributed by atoms with van der Waals surface area (Å²) in [5, 5.41) is 4.21. The molecule has 0 atom stereocenters. The van der Waals surface area contributed by atoms with Gasteiger partial charge in [0.1, 0.15) is 10.8 Å². The molecular formula is C20H18ClN3O5S2. The zero-order valence-corrected chi connectivity index (χ0v) is 18.6. The monoisotopic (exact) mass is 479 g/mol. The minimum atomic E-state index is -3.63. The number of fused-ring (bicyclic) bond motifs is 1. The summed E-state index contributed by atoms with van der Waals surface area (Å²) in [6.45, 7) is 0.758. The standard InChI is InChI=1S/C20H18ClN3O5S2/c21-15-2-1-3-16-14(15)12-28-20(25)24(16)13-7-10-23(11-8-13)31(26,27)19-5-4-18(30-19)17-6-9-22-29-17/h1-6,9,13H,7-8,10-12H2. The first-order chi connectivity index (χ1) is 14.9. The molecule has 0 bridgehead atoms. The fourth-order valence-corrected chi connectivity index (χ4v) is 7.08. The van der Waals surface area contributed by atoms with Gasteiger partial charge in [0.15, 0.2) is 5.76 Å². The number of sulfonamides is 1. The first-order valence-corrected chi connectivity index (χ1v) is 12.3. The second-order valence-corrected chi connectivity index (χ2v) is 10.9. The number of aromatic nitrogens is 1. The SMILES string of the molecule is O=C1OCc2c(Cl)cccc2N1C1CCN(S(=O)(=O)c2ccc(-c3ccno3)s2)CC1. The summed E-state index contributed by atoms with van der Waals surface area (Å²) in [5.74, 6) is 0.533. The Bertz CT molecular complexity index is 1220. The van der Waals surface area contributed by atoms with Crippen molar-refractivity contribution >= 4 is 44.7 Å². The van der Waals surface area contributed by atoms with Gasteiger partial charge in [0.25, 0.3) is 10.0 Å². The Kier molecular flexibility index (Phi) is 5.25. The van der Waals surface area contributed by atoms with Crippen LogP contribution in [0.2, 0.25) is 5.02 Å². The van der Waals surface area contributed by atoms with E-state index in [1.807, 2.05) is 6.07 Å². The number of anilines is 1. The van der Waals surface area contributed by atoms with E-state index in [0.29, 0.717) is 41.6 Å². The molecule has 0 N–H and O–H groups in total. The molecule has 2 aliphatic heterocycles. The summed E-state index contributed by atoms with van der Waals surface area (Å²) < 4.78 is 38.4.